The Morgan fingerprint density at radius 2 is 1.83 bits per heavy atom. The summed E-state index contributed by atoms with van der Waals surface area (Å²) in [7, 11) is -1.40. The van der Waals surface area contributed by atoms with Crippen molar-refractivity contribution in [3.8, 4) is 6.07 Å². The molecular formula is C23H31N3O3S. The standard InChI is InChI=1S/C23H31N3O3S/c1-21(2,3)29-20(27)26-11-9-23(10-12-26)14-17-8-7-16(15-24)13-18(17)19(23)25-30(28)22(4,5)6/h7-8,13H,9-12,14H2,1-6H3/b25-19+. The molecule has 1 fully saturated rings. The molecule has 7 heteroatoms. The molecule has 1 heterocycles. The molecule has 0 N–H and O–H groups in total. The second kappa shape index (κ2) is 7.81. The third-order valence-electron chi connectivity index (χ3n) is 5.60. The maximum absolute atomic E-state index is 12.9. The molecule has 1 saturated heterocycles. The molecule has 1 unspecified atom stereocenters. The first-order valence-corrected chi connectivity index (χ1v) is 11.5. The fourth-order valence-corrected chi connectivity index (χ4v) is 4.71. The van der Waals surface area contributed by atoms with E-state index in [9.17, 15) is 14.3 Å². The Balaban J connectivity index is 1.92. The van der Waals surface area contributed by atoms with Crippen molar-refractivity contribution in [2.24, 2.45) is 9.81 Å². The van der Waals surface area contributed by atoms with Gasteiger partial charge in [0.1, 0.15) is 16.6 Å². The van der Waals surface area contributed by atoms with Gasteiger partial charge >= 0.3 is 6.09 Å². The second-order valence-corrected chi connectivity index (χ2v) is 12.1. The minimum Gasteiger partial charge on any atom is -0.444 e. The predicted octanol–water partition coefficient (Wildman–Crippen LogP) is 4.38. The zero-order valence-corrected chi connectivity index (χ0v) is 19.6. The molecule has 1 aliphatic heterocycles. The average molecular weight is 430 g/mol. The van der Waals surface area contributed by atoms with Crippen LogP contribution in [0.4, 0.5) is 4.79 Å². The summed E-state index contributed by atoms with van der Waals surface area (Å²) in [6, 6.07) is 7.87. The lowest BCUT2D eigenvalue weighted by atomic mass is 9.74. The van der Waals surface area contributed by atoms with Crippen LogP contribution in [0.5, 0.6) is 0 Å². The van der Waals surface area contributed by atoms with E-state index in [-0.39, 0.29) is 11.5 Å². The number of carbonyl (C=O) groups excluding carboxylic acids is 1. The van der Waals surface area contributed by atoms with E-state index in [4.69, 9.17) is 9.13 Å². The molecule has 3 rings (SSSR count). The third kappa shape index (κ3) is 4.59. The molecule has 1 aromatic rings. The molecule has 0 bridgehead atoms. The van der Waals surface area contributed by atoms with E-state index < -0.39 is 21.3 Å². The van der Waals surface area contributed by atoms with Gasteiger partial charge < -0.3 is 9.64 Å². The summed E-state index contributed by atoms with van der Waals surface area (Å²) in [5.74, 6) is 0. The van der Waals surface area contributed by atoms with Crippen molar-refractivity contribution in [2.45, 2.75) is 71.2 Å². The van der Waals surface area contributed by atoms with Crippen LogP contribution in [0.15, 0.2) is 22.6 Å². The van der Waals surface area contributed by atoms with Crippen molar-refractivity contribution in [2.75, 3.05) is 13.1 Å². The van der Waals surface area contributed by atoms with Gasteiger partial charge in [-0.25, -0.2) is 9.00 Å². The summed E-state index contributed by atoms with van der Waals surface area (Å²) < 4.78 is 22.7. The second-order valence-electron chi connectivity index (χ2n) is 10.2. The highest BCUT2D eigenvalue weighted by Crippen LogP contribution is 2.46. The summed E-state index contributed by atoms with van der Waals surface area (Å²) in [6.07, 6.45) is 1.94. The van der Waals surface area contributed by atoms with Gasteiger partial charge in [-0.05, 0) is 78.5 Å². The quantitative estimate of drug-likeness (QED) is 0.663. The van der Waals surface area contributed by atoms with Crippen LogP contribution in [0.25, 0.3) is 0 Å². The highest BCUT2D eigenvalue weighted by Gasteiger charge is 2.47. The Morgan fingerprint density at radius 3 is 2.37 bits per heavy atom. The van der Waals surface area contributed by atoms with Crippen molar-refractivity contribution in [3.05, 3.63) is 34.9 Å². The van der Waals surface area contributed by atoms with E-state index >= 15 is 0 Å². The van der Waals surface area contributed by atoms with Crippen LogP contribution in [0, 0.1) is 16.7 Å². The molecule has 1 spiro atoms. The Kier molecular flexibility index (Phi) is 5.85. The van der Waals surface area contributed by atoms with E-state index in [1.54, 1.807) is 4.90 Å². The number of carbonyl (C=O) groups is 1. The molecular weight excluding hydrogens is 398 g/mol. The molecule has 1 aromatic carbocycles. The van der Waals surface area contributed by atoms with Crippen molar-refractivity contribution in [3.63, 3.8) is 0 Å². The number of amides is 1. The number of likely N-dealkylation sites (tertiary alicyclic amines) is 1. The Labute approximate surface area is 181 Å². The van der Waals surface area contributed by atoms with Crippen molar-refractivity contribution < 1.29 is 13.7 Å². The van der Waals surface area contributed by atoms with Crippen LogP contribution in [0.2, 0.25) is 0 Å². The van der Waals surface area contributed by atoms with Crippen molar-refractivity contribution >= 4 is 22.8 Å². The minimum absolute atomic E-state index is 0.268. The van der Waals surface area contributed by atoms with E-state index in [2.05, 4.69) is 6.07 Å². The SMILES string of the molecule is CC(C)(C)OC(=O)N1CCC2(CC1)Cc1ccc(C#N)cc1/C2=N\S(=O)C(C)(C)C. The number of rotatable bonds is 1. The van der Waals surface area contributed by atoms with Crippen LogP contribution < -0.4 is 0 Å². The van der Waals surface area contributed by atoms with E-state index in [0.29, 0.717) is 18.7 Å². The van der Waals surface area contributed by atoms with Gasteiger partial charge in [0.2, 0.25) is 0 Å². The number of ether oxygens (including phenoxy) is 1. The maximum atomic E-state index is 12.9. The molecule has 1 aliphatic carbocycles. The minimum atomic E-state index is -1.40. The van der Waals surface area contributed by atoms with Gasteiger partial charge in [0.15, 0.2) is 0 Å². The highest BCUT2D eigenvalue weighted by atomic mass is 32.2. The van der Waals surface area contributed by atoms with Crippen LogP contribution in [-0.4, -0.2) is 44.4 Å². The Morgan fingerprint density at radius 1 is 1.20 bits per heavy atom. The van der Waals surface area contributed by atoms with E-state index in [1.165, 1.54) is 0 Å². The lowest BCUT2D eigenvalue weighted by molar-refractivity contribution is 0.0159. The fourth-order valence-electron chi connectivity index (χ4n) is 3.98. The summed E-state index contributed by atoms with van der Waals surface area (Å²) in [5, 5.41) is 9.35. The summed E-state index contributed by atoms with van der Waals surface area (Å²) in [5.41, 5.74) is 2.66. The van der Waals surface area contributed by atoms with Gasteiger partial charge in [0.25, 0.3) is 0 Å². The number of nitriles is 1. The molecule has 162 valence electrons. The molecule has 1 atom stereocenters. The van der Waals surface area contributed by atoms with Crippen molar-refractivity contribution in [1.29, 1.82) is 5.26 Å². The molecule has 30 heavy (non-hydrogen) atoms. The molecule has 0 saturated carbocycles. The first-order valence-electron chi connectivity index (χ1n) is 10.4. The topological polar surface area (TPSA) is 82.8 Å². The average Bonchev–Trinajstić information content (AvgIpc) is 2.92. The predicted molar refractivity (Wildman–Crippen MR) is 119 cm³/mol. The first-order chi connectivity index (χ1) is 13.8. The van der Waals surface area contributed by atoms with E-state index in [1.807, 2.05) is 59.7 Å². The largest absolute Gasteiger partial charge is 0.444 e. The zero-order chi connectivity index (χ0) is 22.3. The normalized spacial score (nSPS) is 20.7. The van der Waals surface area contributed by atoms with Crippen LogP contribution in [-0.2, 0) is 22.1 Å². The molecule has 6 nitrogen and oxygen atoms in total. The summed E-state index contributed by atoms with van der Waals surface area (Å²) in [6.45, 7) is 12.5. The van der Waals surface area contributed by atoms with Gasteiger partial charge in [-0.15, -0.1) is 0 Å². The number of benzene rings is 1. The van der Waals surface area contributed by atoms with Gasteiger partial charge in [-0.1, -0.05) is 6.07 Å². The number of nitrogens with zero attached hydrogens (tertiary/aromatic N) is 3. The number of piperidine rings is 1. The summed E-state index contributed by atoms with van der Waals surface area (Å²) >= 11 is 0. The monoisotopic (exact) mass is 429 g/mol. The first kappa shape index (κ1) is 22.5. The molecule has 2 aliphatic rings. The smallest absolute Gasteiger partial charge is 0.410 e. The molecule has 0 aromatic heterocycles. The van der Waals surface area contributed by atoms with Crippen LogP contribution >= 0.6 is 0 Å². The number of hydrogen-bond acceptors (Lipinski definition) is 4. The lowest BCUT2D eigenvalue weighted by Crippen LogP contribution is -2.47. The molecule has 0 radical (unpaired) electrons. The number of fused-ring (bicyclic) bond motifs is 1. The Bertz CT molecular complexity index is 940. The summed E-state index contributed by atoms with van der Waals surface area (Å²) in [4.78, 5) is 14.2. The number of hydrogen-bond donors (Lipinski definition) is 0. The Hall–Kier alpha value is -2.20. The third-order valence-corrected chi connectivity index (χ3v) is 6.99. The highest BCUT2D eigenvalue weighted by molar-refractivity contribution is 7.85. The molecule has 1 amide bonds. The lowest BCUT2D eigenvalue weighted by Gasteiger charge is -2.40. The van der Waals surface area contributed by atoms with Crippen LogP contribution in [0.1, 0.15) is 71.1 Å². The van der Waals surface area contributed by atoms with Gasteiger partial charge in [-0.3, -0.25) is 0 Å². The fraction of sp³-hybridized carbons (Fsp3) is 0.609. The van der Waals surface area contributed by atoms with Crippen LogP contribution in [0.3, 0.4) is 0 Å². The van der Waals surface area contributed by atoms with Gasteiger partial charge in [-0.2, -0.15) is 9.66 Å². The zero-order valence-electron chi connectivity index (χ0n) is 18.7. The van der Waals surface area contributed by atoms with Crippen molar-refractivity contribution in [1.82, 2.24) is 4.90 Å². The maximum Gasteiger partial charge on any atom is 0.410 e. The van der Waals surface area contributed by atoms with Gasteiger partial charge in [0, 0.05) is 24.1 Å². The van der Waals surface area contributed by atoms with E-state index in [0.717, 1.165) is 36.1 Å². The van der Waals surface area contributed by atoms with Gasteiger partial charge in [0.05, 0.1) is 22.1 Å².